The molecule has 2 aromatic rings. The zero-order valence-electron chi connectivity index (χ0n) is 44.6. The fourth-order valence-corrected chi connectivity index (χ4v) is 10.3. The Labute approximate surface area is 285 Å². The summed E-state index contributed by atoms with van der Waals surface area (Å²) in [4.78, 5) is 3.31. The van der Waals surface area contributed by atoms with Gasteiger partial charge in [-0.3, -0.25) is 0 Å². The zero-order valence-corrected chi connectivity index (χ0v) is 24.6. The molecule has 0 N–H and O–H groups in total. The summed E-state index contributed by atoms with van der Waals surface area (Å²) >= 11 is 0. The largest absolute Gasteiger partial charge is 0.303 e. The van der Waals surface area contributed by atoms with Gasteiger partial charge in [0.15, 0.2) is 0 Å². The Morgan fingerprint density at radius 3 is 1.90 bits per heavy atom. The lowest BCUT2D eigenvalue weighted by atomic mass is 9.52. The highest BCUT2D eigenvalue weighted by atomic mass is 15.2. The van der Waals surface area contributed by atoms with Crippen molar-refractivity contribution in [3.8, 4) is 0 Å². The average Bonchev–Trinajstić information content (AvgIpc) is 3.15. The summed E-state index contributed by atoms with van der Waals surface area (Å²) in [5.41, 5.74) is 3.49. The van der Waals surface area contributed by atoms with Crippen LogP contribution in [0, 0.1) is 17.7 Å². The third kappa shape index (κ3) is 4.73. The lowest BCUT2D eigenvalue weighted by Crippen LogP contribution is -2.59. The molecule has 8 rings (SSSR count). The van der Waals surface area contributed by atoms with Crippen molar-refractivity contribution in [3.05, 3.63) is 69.8 Å². The number of hydrogen-bond acceptors (Lipinski definition) is 2. The number of likely N-dealkylation sites (tertiary alicyclic amines) is 2. The van der Waals surface area contributed by atoms with Crippen molar-refractivity contribution >= 4 is 0 Å². The fraction of sp³-hybridized carbons (Fsp3) is 0.700. The second-order valence-corrected chi connectivity index (χ2v) is 13.8. The Kier molecular flexibility index (Phi) is 3.85. The molecule has 4 fully saturated rings. The molecular formula is C40H58N2. The van der Waals surface area contributed by atoms with Gasteiger partial charge in [-0.15, -0.1) is 0 Å². The Balaban J connectivity index is 0.000000190. The molecule has 228 valence electrons. The SMILES string of the molecule is [2H]C([2H])([2H])N1CC[C@@]23CCCC[C@@H]2[C@@H]1Cc1ccc(C([2H])([2H])C([2H])(C([2H])([2H])[2H])C([2H])([2H])[2H])cc13.[2H]C([2H])([2H])N1CC[C@@]23CCCC[C@@H]2[C@@H]1Cc1ccc(C([2H])([2H])C([2H])([2H])[2H])cc13. The van der Waals surface area contributed by atoms with Gasteiger partial charge in [0.25, 0.3) is 0 Å². The lowest BCUT2D eigenvalue weighted by Gasteiger charge is -2.58. The number of rotatable bonds is 3. The lowest BCUT2D eigenvalue weighted by molar-refractivity contribution is 0.00279. The topological polar surface area (TPSA) is 6.48 Å². The molecule has 2 nitrogen and oxygen atoms in total. The molecule has 4 bridgehead atoms. The molecule has 2 saturated carbocycles. The molecule has 6 atom stereocenters. The van der Waals surface area contributed by atoms with Crippen molar-refractivity contribution in [2.24, 2.45) is 17.7 Å². The first kappa shape index (κ1) is 14.2. The van der Waals surface area contributed by atoms with E-state index in [4.69, 9.17) is 27.4 Å². The molecule has 2 heterocycles. The van der Waals surface area contributed by atoms with E-state index in [1.165, 1.54) is 6.07 Å². The fourth-order valence-electron chi connectivity index (χ4n) is 10.3. The molecular weight excluding hydrogens is 508 g/mol. The van der Waals surface area contributed by atoms with Gasteiger partial charge in [0.1, 0.15) is 0 Å². The summed E-state index contributed by atoms with van der Waals surface area (Å²) in [7, 11) is 0. The Hall–Kier alpha value is -1.64. The first-order valence-corrected chi connectivity index (χ1v) is 16.1. The van der Waals surface area contributed by atoms with E-state index < -0.39 is 53.1 Å². The van der Waals surface area contributed by atoms with Crippen molar-refractivity contribution < 1.29 is 27.4 Å². The maximum atomic E-state index is 8.65. The van der Waals surface area contributed by atoms with Gasteiger partial charge >= 0.3 is 0 Å². The molecule has 6 aliphatic rings. The normalized spacial score (nSPS) is 44.8. The maximum absolute atomic E-state index is 8.65. The molecule has 2 aliphatic heterocycles. The standard InChI is InChI=1S/C21H31N.C19H27N/c1-15(2)12-16-7-8-17-14-20-18-6-4-5-9-21(18,19(17)13-16)10-11-22(20)3;1-3-14-7-8-15-13-18-16-6-4-5-9-19(16,17(15)12-14)10-11-20(18)2/h7-8,13,15,18,20H,4-6,9-12,14H2,1-3H3;7-8,12,16,18H,3-6,9-11,13H2,1-2H3/t18-,20+,21+;16-,18+,19+/m11/s1/i1D3,2D3,3D3,12D2,15D;1D3,2D3,3D2. The summed E-state index contributed by atoms with van der Waals surface area (Å²) < 4.78 is 159. The van der Waals surface area contributed by atoms with Gasteiger partial charge < -0.3 is 9.80 Å². The van der Waals surface area contributed by atoms with E-state index in [0.717, 1.165) is 80.0 Å². The number of benzene rings is 2. The van der Waals surface area contributed by atoms with Crippen LogP contribution in [0.4, 0.5) is 0 Å². The second-order valence-electron chi connectivity index (χ2n) is 13.8. The van der Waals surface area contributed by atoms with E-state index in [-0.39, 0.29) is 45.9 Å². The monoisotopic (exact) mass is 587 g/mol. The number of fused-ring (bicyclic) bond motifs is 2. The van der Waals surface area contributed by atoms with Crippen molar-refractivity contribution in [2.75, 3.05) is 27.0 Å². The zero-order chi connectivity index (χ0) is 46.1. The van der Waals surface area contributed by atoms with E-state index >= 15 is 0 Å². The quantitative estimate of drug-likeness (QED) is 0.356. The molecule has 4 aliphatic carbocycles. The Morgan fingerprint density at radius 1 is 0.786 bits per heavy atom. The predicted octanol–water partition coefficient (Wildman–Crippen LogP) is 8.51. The van der Waals surface area contributed by atoms with Crippen LogP contribution in [-0.2, 0) is 36.4 Å². The highest BCUT2D eigenvalue weighted by molar-refractivity contribution is 5.45. The number of likely N-dealkylation sites (N-methyl/N-ethyl adjacent to an activating group) is 2. The van der Waals surface area contributed by atoms with Crippen LogP contribution in [-0.4, -0.2) is 48.9 Å². The molecule has 0 radical (unpaired) electrons. The van der Waals surface area contributed by atoms with Crippen LogP contribution in [0.2, 0.25) is 0 Å². The summed E-state index contributed by atoms with van der Waals surface area (Å²) in [6, 6.07) is 9.70. The van der Waals surface area contributed by atoms with Gasteiger partial charge in [-0.25, -0.2) is 0 Å². The maximum Gasteiger partial charge on any atom is 0.0394 e. The van der Waals surface area contributed by atoms with Crippen LogP contribution in [0.5, 0.6) is 0 Å². The molecule has 2 aromatic carbocycles. The third-order valence-corrected chi connectivity index (χ3v) is 12.1. The molecule has 0 unspecified atom stereocenters. The molecule has 0 amide bonds. The minimum Gasteiger partial charge on any atom is -0.303 e. The van der Waals surface area contributed by atoms with Gasteiger partial charge in [-0.05, 0) is 142 Å². The molecule has 0 aromatic heterocycles. The van der Waals surface area contributed by atoms with Crippen molar-refractivity contribution in [1.29, 1.82) is 0 Å². The van der Waals surface area contributed by atoms with Crippen LogP contribution in [0.25, 0.3) is 0 Å². The summed E-state index contributed by atoms with van der Waals surface area (Å²) in [6.45, 7) is -12.9. The molecule has 42 heavy (non-hydrogen) atoms. The van der Waals surface area contributed by atoms with Crippen LogP contribution in [0.3, 0.4) is 0 Å². The van der Waals surface area contributed by atoms with Crippen LogP contribution >= 0.6 is 0 Å². The molecule has 0 spiro atoms. The average molecular weight is 587 g/mol. The van der Waals surface area contributed by atoms with Gasteiger partial charge in [-0.2, -0.15) is 0 Å². The third-order valence-electron chi connectivity index (χ3n) is 12.1. The number of hydrogen-bond donors (Lipinski definition) is 0. The van der Waals surface area contributed by atoms with Crippen molar-refractivity contribution in [2.45, 2.75) is 133 Å². The smallest absolute Gasteiger partial charge is 0.0394 e. The van der Waals surface area contributed by atoms with E-state index in [2.05, 4.69) is 0 Å². The molecule has 2 heteroatoms. The second kappa shape index (κ2) is 11.4. The predicted molar refractivity (Wildman–Crippen MR) is 178 cm³/mol. The van der Waals surface area contributed by atoms with E-state index in [1.54, 1.807) is 34.1 Å². The first-order valence-electron chi connectivity index (χ1n) is 26.1. The molecule has 2 saturated heterocycles. The minimum atomic E-state index is -3.39. The van der Waals surface area contributed by atoms with E-state index in [0.29, 0.717) is 32.4 Å². The Bertz CT molecular complexity index is 1980. The van der Waals surface area contributed by atoms with Gasteiger partial charge in [0, 0.05) is 50.3 Å². The van der Waals surface area contributed by atoms with E-state index in [1.807, 2.05) is 6.07 Å². The van der Waals surface area contributed by atoms with Crippen LogP contribution in [0.15, 0.2) is 36.4 Å². The first-order chi connectivity index (χ1) is 28.3. The van der Waals surface area contributed by atoms with Crippen LogP contribution < -0.4 is 0 Å². The van der Waals surface area contributed by atoms with Gasteiger partial charge in [0.2, 0.25) is 0 Å². The van der Waals surface area contributed by atoms with Crippen LogP contribution in [0.1, 0.15) is 146 Å². The highest BCUT2D eigenvalue weighted by Crippen LogP contribution is 2.57. The van der Waals surface area contributed by atoms with Gasteiger partial charge in [-0.1, -0.05) is 82.6 Å². The number of piperidine rings is 2. The minimum absolute atomic E-state index is 0.0284. The summed E-state index contributed by atoms with van der Waals surface area (Å²) in [5.74, 6) is -3.04. The van der Waals surface area contributed by atoms with Gasteiger partial charge in [0.05, 0.1) is 0 Å². The number of aryl methyl sites for hydroxylation is 1. The summed E-state index contributed by atoms with van der Waals surface area (Å²) in [6.07, 6.45) is 4.82. The van der Waals surface area contributed by atoms with E-state index in [9.17, 15) is 0 Å². The number of nitrogens with zero attached hydrogens (tertiary/aromatic N) is 2. The van der Waals surface area contributed by atoms with Crippen molar-refractivity contribution in [3.63, 3.8) is 0 Å². The van der Waals surface area contributed by atoms with Crippen molar-refractivity contribution in [1.82, 2.24) is 9.80 Å². The highest BCUT2D eigenvalue weighted by Gasteiger charge is 2.54. The summed E-state index contributed by atoms with van der Waals surface area (Å²) in [5, 5.41) is 0. The Morgan fingerprint density at radius 2 is 1.36 bits per heavy atom.